The van der Waals surface area contributed by atoms with Gasteiger partial charge in [0.05, 0.1) is 12.6 Å². The molecule has 4 N–H and O–H groups in total. The fraction of sp³-hybridized carbons (Fsp3) is 0.600. The van der Waals surface area contributed by atoms with Gasteiger partial charge in [0.1, 0.15) is 5.75 Å². The van der Waals surface area contributed by atoms with Crippen LogP contribution in [0.3, 0.4) is 0 Å². The van der Waals surface area contributed by atoms with Crippen LogP contribution in [0.25, 0.3) is 0 Å². The third kappa shape index (κ3) is 5.16. The molecule has 2 amide bonds. The number of carbonyl (C=O) groups is 2. The van der Waals surface area contributed by atoms with Gasteiger partial charge in [0, 0.05) is 32.6 Å². The van der Waals surface area contributed by atoms with Crippen LogP contribution in [-0.4, -0.2) is 70.7 Å². The molecule has 1 aromatic rings. The first-order valence-electron chi connectivity index (χ1n) is 9.63. The number of aliphatic hydroxyl groups is 1. The quantitative estimate of drug-likeness (QED) is 0.667. The van der Waals surface area contributed by atoms with Gasteiger partial charge < -0.3 is 25.7 Å². The molecule has 1 aromatic carbocycles. The number of nitrogens with two attached hydrogens (primary N) is 1. The van der Waals surface area contributed by atoms with E-state index in [9.17, 15) is 14.7 Å². The molecule has 2 fully saturated rings. The number of amides is 2. The molecule has 2 heterocycles. The van der Waals surface area contributed by atoms with Gasteiger partial charge in [0.2, 0.25) is 11.8 Å². The number of halogens is 1. The maximum absolute atomic E-state index is 12.7. The molecule has 2 saturated heterocycles. The van der Waals surface area contributed by atoms with Crippen molar-refractivity contribution >= 4 is 24.2 Å². The molecule has 1 spiro atoms. The number of hydrogen-bond donors (Lipinski definition) is 3. The van der Waals surface area contributed by atoms with Crippen LogP contribution in [0, 0.1) is 5.41 Å². The molecule has 0 aromatic heterocycles. The van der Waals surface area contributed by atoms with Crippen LogP contribution in [-0.2, 0) is 16.0 Å². The molecule has 0 saturated carbocycles. The highest BCUT2D eigenvalue weighted by atomic mass is 35.5. The predicted molar refractivity (Wildman–Crippen MR) is 108 cm³/mol. The highest BCUT2D eigenvalue weighted by Crippen LogP contribution is 2.40. The van der Waals surface area contributed by atoms with Crippen molar-refractivity contribution in [3.8, 4) is 5.75 Å². The molecule has 1 atom stereocenters. The van der Waals surface area contributed by atoms with Gasteiger partial charge in [0.25, 0.3) is 0 Å². The number of β-amino-alcohol motifs (C(OH)–C–C–N with tert-alkyl or cyclic N) is 1. The van der Waals surface area contributed by atoms with Crippen LogP contribution >= 0.6 is 12.4 Å². The third-order valence-electron chi connectivity index (χ3n) is 5.96. The smallest absolute Gasteiger partial charge is 0.239 e. The number of rotatable bonds is 5. The van der Waals surface area contributed by atoms with Crippen LogP contribution < -0.4 is 5.73 Å². The zero-order chi connectivity index (χ0) is 19.4. The van der Waals surface area contributed by atoms with Crippen molar-refractivity contribution in [3.63, 3.8) is 0 Å². The number of piperidine rings is 2. The molecular formula is C20H30ClN3O4. The highest BCUT2D eigenvalue weighted by molar-refractivity contribution is 5.85. The number of aliphatic hydroxyl groups excluding tert-OH is 1. The van der Waals surface area contributed by atoms with Crippen LogP contribution in [0.4, 0.5) is 0 Å². The summed E-state index contributed by atoms with van der Waals surface area (Å²) in [5.41, 5.74) is 7.11. The number of phenols is 1. The minimum Gasteiger partial charge on any atom is -0.508 e. The minimum atomic E-state index is -0.595. The normalized spacial score (nSPS) is 20.0. The minimum absolute atomic E-state index is 0. The summed E-state index contributed by atoms with van der Waals surface area (Å²) < 4.78 is 0. The lowest BCUT2D eigenvalue weighted by molar-refractivity contribution is -0.143. The maximum atomic E-state index is 12.7. The number of phenolic OH excluding ortho intramolecular Hbond substituents is 1. The molecule has 0 radical (unpaired) electrons. The van der Waals surface area contributed by atoms with Crippen LogP contribution in [0.2, 0.25) is 0 Å². The van der Waals surface area contributed by atoms with Crippen LogP contribution in [0.1, 0.15) is 31.2 Å². The second-order valence-corrected chi connectivity index (χ2v) is 7.84. The summed E-state index contributed by atoms with van der Waals surface area (Å²) in [5.74, 6) is 0.266. The largest absolute Gasteiger partial charge is 0.508 e. The Morgan fingerprint density at radius 3 is 2.43 bits per heavy atom. The van der Waals surface area contributed by atoms with Crippen molar-refractivity contribution in [2.75, 3.05) is 32.8 Å². The van der Waals surface area contributed by atoms with Gasteiger partial charge in [-0.3, -0.25) is 9.59 Å². The van der Waals surface area contributed by atoms with Gasteiger partial charge in [-0.2, -0.15) is 0 Å². The monoisotopic (exact) mass is 411 g/mol. The standard InChI is InChI=1S/C20H29N3O4.ClH/c21-17(13-15-1-3-16(25)4-2-15)19(27)22-9-7-20(8-10-22)6-5-18(26)23(14-20)11-12-24;/h1-4,17,24-25H,5-14,21H2;1H/t17-;/m0./s1. The highest BCUT2D eigenvalue weighted by Gasteiger charge is 2.41. The molecule has 0 aliphatic carbocycles. The van der Waals surface area contributed by atoms with E-state index >= 15 is 0 Å². The summed E-state index contributed by atoms with van der Waals surface area (Å²) in [4.78, 5) is 28.3. The number of likely N-dealkylation sites (tertiary alicyclic amines) is 2. The summed E-state index contributed by atoms with van der Waals surface area (Å²) >= 11 is 0. The van der Waals surface area contributed by atoms with Crippen molar-refractivity contribution < 1.29 is 19.8 Å². The Bertz CT molecular complexity index is 675. The Morgan fingerprint density at radius 1 is 1.18 bits per heavy atom. The first kappa shape index (κ1) is 22.5. The number of aromatic hydroxyl groups is 1. The zero-order valence-corrected chi connectivity index (χ0v) is 16.9. The van der Waals surface area contributed by atoms with E-state index in [-0.39, 0.29) is 42.0 Å². The van der Waals surface area contributed by atoms with E-state index in [0.717, 1.165) is 24.8 Å². The topological polar surface area (TPSA) is 107 Å². The lowest BCUT2D eigenvalue weighted by atomic mass is 9.72. The van der Waals surface area contributed by atoms with Crippen molar-refractivity contribution in [2.24, 2.45) is 11.1 Å². The maximum Gasteiger partial charge on any atom is 0.239 e. The zero-order valence-electron chi connectivity index (χ0n) is 16.0. The molecule has 7 nitrogen and oxygen atoms in total. The van der Waals surface area contributed by atoms with Crippen molar-refractivity contribution in [2.45, 2.75) is 38.1 Å². The van der Waals surface area contributed by atoms with Gasteiger partial charge in [-0.25, -0.2) is 0 Å². The van der Waals surface area contributed by atoms with E-state index < -0.39 is 6.04 Å². The average molecular weight is 412 g/mol. The molecule has 0 bridgehead atoms. The van der Waals surface area contributed by atoms with Crippen LogP contribution in [0.5, 0.6) is 5.75 Å². The van der Waals surface area contributed by atoms with Gasteiger partial charge in [-0.15, -0.1) is 12.4 Å². The number of carbonyl (C=O) groups excluding carboxylic acids is 2. The predicted octanol–water partition coefficient (Wildman–Crippen LogP) is 0.907. The average Bonchev–Trinajstić information content (AvgIpc) is 2.67. The Kier molecular flexibility index (Phi) is 7.69. The summed E-state index contributed by atoms with van der Waals surface area (Å²) in [7, 11) is 0. The van der Waals surface area contributed by atoms with E-state index in [0.29, 0.717) is 39.0 Å². The van der Waals surface area contributed by atoms with Gasteiger partial charge >= 0.3 is 0 Å². The molecule has 156 valence electrons. The second-order valence-electron chi connectivity index (χ2n) is 7.84. The summed E-state index contributed by atoms with van der Waals surface area (Å²) in [6, 6.07) is 6.16. The number of hydrogen-bond acceptors (Lipinski definition) is 5. The van der Waals surface area contributed by atoms with E-state index in [1.807, 2.05) is 4.90 Å². The fourth-order valence-electron chi connectivity index (χ4n) is 4.24. The molecule has 28 heavy (non-hydrogen) atoms. The molecule has 3 rings (SSSR count). The first-order valence-corrected chi connectivity index (χ1v) is 9.63. The van der Waals surface area contributed by atoms with E-state index in [4.69, 9.17) is 10.8 Å². The Hall–Kier alpha value is -1.83. The summed E-state index contributed by atoms with van der Waals surface area (Å²) in [6.07, 6.45) is 3.54. The van der Waals surface area contributed by atoms with Crippen molar-refractivity contribution in [3.05, 3.63) is 29.8 Å². The molecular weight excluding hydrogens is 382 g/mol. The molecule has 2 aliphatic heterocycles. The Morgan fingerprint density at radius 2 is 1.82 bits per heavy atom. The summed E-state index contributed by atoms with van der Waals surface area (Å²) in [6.45, 7) is 2.36. The Labute approximate surface area is 171 Å². The molecule has 2 aliphatic rings. The van der Waals surface area contributed by atoms with E-state index in [1.165, 1.54) is 0 Å². The van der Waals surface area contributed by atoms with E-state index in [2.05, 4.69) is 0 Å². The lowest BCUT2D eigenvalue weighted by Gasteiger charge is -2.47. The molecule has 0 unspecified atom stereocenters. The second kappa shape index (κ2) is 9.58. The van der Waals surface area contributed by atoms with Crippen LogP contribution in [0.15, 0.2) is 24.3 Å². The number of benzene rings is 1. The SMILES string of the molecule is Cl.N[C@@H](Cc1ccc(O)cc1)C(=O)N1CCC2(CCC(=O)N(CCO)C2)CC1. The van der Waals surface area contributed by atoms with Crippen molar-refractivity contribution in [1.82, 2.24) is 9.80 Å². The van der Waals surface area contributed by atoms with E-state index in [1.54, 1.807) is 29.2 Å². The third-order valence-corrected chi connectivity index (χ3v) is 5.96. The summed E-state index contributed by atoms with van der Waals surface area (Å²) in [5, 5.41) is 18.5. The lowest BCUT2D eigenvalue weighted by Crippen LogP contribution is -2.55. The van der Waals surface area contributed by atoms with Gasteiger partial charge in [-0.05, 0) is 48.8 Å². The Balaban J connectivity index is 0.00000280. The van der Waals surface area contributed by atoms with Gasteiger partial charge in [-0.1, -0.05) is 12.1 Å². The molecule has 8 heteroatoms. The number of nitrogens with zero attached hydrogens (tertiary/aromatic N) is 2. The van der Waals surface area contributed by atoms with Gasteiger partial charge in [0.15, 0.2) is 0 Å². The fourth-order valence-corrected chi connectivity index (χ4v) is 4.24. The first-order chi connectivity index (χ1) is 12.9. The van der Waals surface area contributed by atoms with Crippen molar-refractivity contribution in [1.29, 1.82) is 0 Å².